The van der Waals surface area contributed by atoms with Crippen LogP contribution in [-0.4, -0.2) is 24.7 Å². The van der Waals surface area contributed by atoms with Crippen LogP contribution in [0.2, 0.25) is 0 Å². The molecule has 0 saturated carbocycles. The van der Waals surface area contributed by atoms with Gasteiger partial charge in [-0.25, -0.2) is 4.98 Å². The lowest BCUT2D eigenvalue weighted by molar-refractivity contribution is -0.0303. The Hall–Kier alpha value is -0.450. The molecule has 100 valence electrons. The smallest absolute Gasteiger partial charge is 0.113 e. The molecule has 3 nitrogen and oxygen atoms in total. The van der Waals surface area contributed by atoms with Gasteiger partial charge in [0.15, 0.2) is 0 Å². The summed E-state index contributed by atoms with van der Waals surface area (Å²) in [6.45, 7) is 3.06. The summed E-state index contributed by atoms with van der Waals surface area (Å²) in [5.74, 6) is 0. The van der Waals surface area contributed by atoms with Crippen LogP contribution in [-0.2, 0) is 23.1 Å². The van der Waals surface area contributed by atoms with Gasteiger partial charge in [0, 0.05) is 11.5 Å². The number of aromatic nitrogens is 1. The van der Waals surface area contributed by atoms with E-state index in [0.717, 1.165) is 25.9 Å². The van der Waals surface area contributed by atoms with Crippen molar-refractivity contribution in [3.8, 4) is 0 Å². The summed E-state index contributed by atoms with van der Waals surface area (Å²) < 4.78 is 5.82. The van der Waals surface area contributed by atoms with Crippen LogP contribution < -0.4 is 5.32 Å². The Labute approximate surface area is 113 Å². The summed E-state index contributed by atoms with van der Waals surface area (Å²) in [6.07, 6.45) is 7.29. The van der Waals surface area contributed by atoms with E-state index >= 15 is 0 Å². The van der Waals surface area contributed by atoms with E-state index in [-0.39, 0.29) is 5.54 Å². The zero-order valence-corrected chi connectivity index (χ0v) is 12.1. The predicted molar refractivity (Wildman–Crippen MR) is 74.1 cm³/mol. The third-order valence-electron chi connectivity index (χ3n) is 4.40. The fourth-order valence-electron chi connectivity index (χ4n) is 3.13. The molecule has 2 atom stereocenters. The van der Waals surface area contributed by atoms with Crippen molar-refractivity contribution in [2.75, 3.05) is 13.7 Å². The van der Waals surface area contributed by atoms with Crippen molar-refractivity contribution in [1.82, 2.24) is 10.3 Å². The number of nitrogens with one attached hydrogen (secondary N) is 1. The maximum Gasteiger partial charge on any atom is 0.113 e. The first-order valence-electron chi connectivity index (χ1n) is 7.07. The highest BCUT2D eigenvalue weighted by atomic mass is 32.1. The van der Waals surface area contributed by atoms with Gasteiger partial charge in [-0.15, -0.1) is 11.3 Å². The zero-order chi connectivity index (χ0) is 12.6. The lowest BCUT2D eigenvalue weighted by atomic mass is 9.86. The van der Waals surface area contributed by atoms with Gasteiger partial charge in [-0.1, -0.05) is 6.92 Å². The molecule has 0 bridgehead atoms. The minimum absolute atomic E-state index is 0.0634. The lowest BCUT2D eigenvalue weighted by Crippen LogP contribution is -2.47. The molecular weight excluding hydrogens is 244 g/mol. The van der Waals surface area contributed by atoms with E-state index in [9.17, 15) is 0 Å². The molecule has 2 heterocycles. The van der Waals surface area contributed by atoms with Gasteiger partial charge in [-0.3, -0.25) is 0 Å². The molecule has 1 aliphatic heterocycles. The summed E-state index contributed by atoms with van der Waals surface area (Å²) in [4.78, 5) is 6.45. The predicted octanol–water partition coefficient (Wildman–Crippen LogP) is 2.64. The van der Waals surface area contributed by atoms with Gasteiger partial charge >= 0.3 is 0 Å². The number of fused-ring (bicyclic) bond motifs is 1. The van der Waals surface area contributed by atoms with Gasteiger partial charge in [0.25, 0.3) is 0 Å². The van der Waals surface area contributed by atoms with Crippen molar-refractivity contribution in [1.29, 1.82) is 0 Å². The number of hydrogen-bond acceptors (Lipinski definition) is 4. The minimum Gasteiger partial charge on any atom is -0.378 e. The second kappa shape index (κ2) is 4.91. The average molecular weight is 266 g/mol. The molecule has 0 aromatic carbocycles. The molecule has 0 amide bonds. The van der Waals surface area contributed by atoms with E-state index in [2.05, 4.69) is 19.3 Å². The number of hydrogen-bond donors (Lipinski definition) is 1. The number of nitrogens with zero attached hydrogens (tertiary/aromatic N) is 1. The Morgan fingerprint density at radius 1 is 1.50 bits per heavy atom. The molecule has 0 radical (unpaired) electrons. The van der Waals surface area contributed by atoms with Crippen LogP contribution in [0.3, 0.4) is 0 Å². The topological polar surface area (TPSA) is 34.2 Å². The molecule has 2 unspecified atom stereocenters. The fraction of sp³-hybridized carbons (Fsp3) is 0.786. The fourth-order valence-corrected chi connectivity index (χ4v) is 4.52. The van der Waals surface area contributed by atoms with E-state index in [0.29, 0.717) is 6.10 Å². The van der Waals surface area contributed by atoms with Gasteiger partial charge < -0.3 is 10.1 Å². The summed E-state index contributed by atoms with van der Waals surface area (Å²) in [5.41, 5.74) is 1.43. The number of thiazole rings is 1. The summed E-state index contributed by atoms with van der Waals surface area (Å²) >= 11 is 1.94. The molecule has 1 aromatic rings. The van der Waals surface area contributed by atoms with Gasteiger partial charge in [0.1, 0.15) is 5.01 Å². The summed E-state index contributed by atoms with van der Waals surface area (Å²) in [6, 6.07) is 0. The molecular formula is C14H22N2OS. The van der Waals surface area contributed by atoms with Crippen molar-refractivity contribution in [3.63, 3.8) is 0 Å². The first kappa shape index (κ1) is 12.6. The van der Waals surface area contributed by atoms with Crippen LogP contribution in [0.25, 0.3) is 0 Å². The second-order valence-electron chi connectivity index (χ2n) is 5.43. The number of rotatable bonds is 3. The van der Waals surface area contributed by atoms with Crippen LogP contribution in [0.1, 0.15) is 48.2 Å². The molecule has 1 aliphatic carbocycles. The largest absolute Gasteiger partial charge is 0.378 e. The maximum absolute atomic E-state index is 5.82. The van der Waals surface area contributed by atoms with Crippen LogP contribution in [0, 0.1) is 0 Å². The van der Waals surface area contributed by atoms with E-state index in [1.807, 2.05) is 11.3 Å². The van der Waals surface area contributed by atoms with Gasteiger partial charge in [-0.05, 0) is 45.6 Å². The molecule has 2 aliphatic rings. The summed E-state index contributed by atoms with van der Waals surface area (Å²) in [7, 11) is 2.07. The second-order valence-corrected chi connectivity index (χ2v) is 6.51. The average Bonchev–Trinajstić information content (AvgIpc) is 2.99. The standard InChI is InChI=1S/C14H22N2OS/c1-3-10-9-14(15-2,7-8-17-10)13-16-11-5-4-6-12(11)18-13/h10,15H,3-9H2,1-2H3. The minimum atomic E-state index is 0.0634. The first-order chi connectivity index (χ1) is 8.77. The van der Waals surface area contributed by atoms with Crippen molar-refractivity contribution in [2.24, 2.45) is 0 Å². The quantitative estimate of drug-likeness (QED) is 0.913. The molecule has 0 spiro atoms. The maximum atomic E-state index is 5.82. The van der Waals surface area contributed by atoms with Crippen LogP contribution in [0.15, 0.2) is 0 Å². The van der Waals surface area contributed by atoms with Crippen molar-refractivity contribution in [2.45, 2.75) is 57.1 Å². The zero-order valence-electron chi connectivity index (χ0n) is 11.3. The third-order valence-corrected chi connectivity index (χ3v) is 5.76. The Morgan fingerprint density at radius 2 is 2.39 bits per heavy atom. The molecule has 3 rings (SSSR count). The molecule has 18 heavy (non-hydrogen) atoms. The van der Waals surface area contributed by atoms with Crippen LogP contribution in [0.4, 0.5) is 0 Å². The normalized spacial score (nSPS) is 31.6. The van der Waals surface area contributed by atoms with E-state index in [1.165, 1.54) is 34.8 Å². The molecule has 1 saturated heterocycles. The van der Waals surface area contributed by atoms with E-state index in [4.69, 9.17) is 9.72 Å². The van der Waals surface area contributed by atoms with E-state index < -0.39 is 0 Å². The molecule has 1 N–H and O–H groups in total. The first-order valence-corrected chi connectivity index (χ1v) is 7.88. The van der Waals surface area contributed by atoms with Gasteiger partial charge in [-0.2, -0.15) is 0 Å². The SMILES string of the molecule is CCC1CC(NC)(c2nc3c(s2)CCC3)CCO1. The van der Waals surface area contributed by atoms with E-state index in [1.54, 1.807) is 0 Å². The third kappa shape index (κ3) is 2.00. The Kier molecular flexibility index (Phi) is 3.43. The Bertz CT molecular complexity index is 410. The van der Waals surface area contributed by atoms with Crippen molar-refractivity contribution in [3.05, 3.63) is 15.6 Å². The Morgan fingerprint density at radius 3 is 3.11 bits per heavy atom. The Balaban J connectivity index is 1.89. The highest BCUT2D eigenvalue weighted by Crippen LogP contribution is 2.40. The van der Waals surface area contributed by atoms with Crippen molar-refractivity contribution >= 4 is 11.3 Å². The highest BCUT2D eigenvalue weighted by Gasteiger charge is 2.40. The van der Waals surface area contributed by atoms with Gasteiger partial charge in [0.2, 0.25) is 0 Å². The highest BCUT2D eigenvalue weighted by molar-refractivity contribution is 7.12. The van der Waals surface area contributed by atoms with Gasteiger partial charge in [0.05, 0.1) is 17.3 Å². The number of ether oxygens (including phenoxy) is 1. The lowest BCUT2D eigenvalue weighted by Gasteiger charge is -2.39. The number of aryl methyl sites for hydroxylation is 2. The van der Waals surface area contributed by atoms with Crippen LogP contribution >= 0.6 is 11.3 Å². The molecule has 1 aromatic heterocycles. The molecule has 1 fully saturated rings. The monoisotopic (exact) mass is 266 g/mol. The van der Waals surface area contributed by atoms with Crippen LogP contribution in [0.5, 0.6) is 0 Å². The van der Waals surface area contributed by atoms with Crippen molar-refractivity contribution < 1.29 is 4.74 Å². The molecule has 4 heteroatoms. The summed E-state index contributed by atoms with van der Waals surface area (Å²) in [5, 5.41) is 4.86.